The van der Waals surface area contributed by atoms with E-state index in [9.17, 15) is 14.4 Å². The fourth-order valence-electron chi connectivity index (χ4n) is 2.41. The van der Waals surface area contributed by atoms with E-state index in [1.54, 1.807) is 0 Å². The van der Waals surface area contributed by atoms with E-state index in [2.05, 4.69) is 10.6 Å². The number of rotatable bonds is 11. The predicted molar refractivity (Wildman–Crippen MR) is 93.3 cm³/mol. The number of nitrogens with two attached hydrogens (primary N) is 1. The second-order valence-corrected chi connectivity index (χ2v) is 7.11. The number of nitrogens with one attached hydrogen (secondary N) is 2. The Bertz CT molecular complexity index is 424. The summed E-state index contributed by atoms with van der Waals surface area (Å²) in [5, 5.41) is 14.3. The molecule has 0 aliphatic heterocycles. The summed E-state index contributed by atoms with van der Waals surface area (Å²) in [5.74, 6) is -1.50. The molecule has 0 aliphatic rings. The monoisotopic (exact) mass is 343 g/mol. The topological polar surface area (TPSA) is 122 Å². The molecule has 0 aromatic rings. The first-order valence-electron chi connectivity index (χ1n) is 8.67. The summed E-state index contributed by atoms with van der Waals surface area (Å²) >= 11 is 0. The minimum Gasteiger partial charge on any atom is -0.480 e. The molecule has 2 amide bonds. The van der Waals surface area contributed by atoms with Crippen LogP contribution in [0.3, 0.4) is 0 Å². The summed E-state index contributed by atoms with van der Waals surface area (Å²) in [7, 11) is 0. The van der Waals surface area contributed by atoms with Crippen molar-refractivity contribution in [1.29, 1.82) is 0 Å². The molecule has 0 radical (unpaired) electrons. The molecule has 0 bridgehead atoms. The van der Waals surface area contributed by atoms with Gasteiger partial charge in [0.05, 0.1) is 6.04 Å². The van der Waals surface area contributed by atoms with Gasteiger partial charge < -0.3 is 21.5 Å². The molecule has 0 saturated carbocycles. The van der Waals surface area contributed by atoms with E-state index in [0.717, 1.165) is 0 Å². The van der Waals surface area contributed by atoms with Gasteiger partial charge in [-0.25, -0.2) is 4.79 Å². The molecule has 5 N–H and O–H groups in total. The lowest BCUT2D eigenvalue weighted by atomic mass is 10.00. The average molecular weight is 343 g/mol. The van der Waals surface area contributed by atoms with E-state index >= 15 is 0 Å². The first-order valence-corrected chi connectivity index (χ1v) is 8.67. The third-order valence-corrected chi connectivity index (χ3v) is 3.59. The van der Waals surface area contributed by atoms with Crippen LogP contribution in [0.4, 0.5) is 0 Å². The van der Waals surface area contributed by atoms with Crippen molar-refractivity contribution in [2.24, 2.45) is 17.6 Å². The summed E-state index contributed by atoms with van der Waals surface area (Å²) in [6.45, 7) is 9.64. The molecule has 0 fully saturated rings. The lowest BCUT2D eigenvalue weighted by Gasteiger charge is -2.24. The molecule has 3 atom stereocenters. The van der Waals surface area contributed by atoms with Crippen LogP contribution in [0.15, 0.2) is 0 Å². The van der Waals surface area contributed by atoms with Crippen molar-refractivity contribution < 1.29 is 19.5 Å². The van der Waals surface area contributed by atoms with Crippen molar-refractivity contribution in [3.05, 3.63) is 0 Å². The Morgan fingerprint density at radius 1 is 0.917 bits per heavy atom. The molecule has 0 aromatic carbocycles. The summed E-state index contributed by atoms with van der Waals surface area (Å²) < 4.78 is 0. The zero-order chi connectivity index (χ0) is 18.9. The number of hydrogen-bond acceptors (Lipinski definition) is 4. The predicted octanol–water partition coefficient (Wildman–Crippen LogP) is 1.26. The summed E-state index contributed by atoms with van der Waals surface area (Å²) in [4.78, 5) is 35.8. The Morgan fingerprint density at radius 2 is 1.42 bits per heavy atom. The normalized spacial score (nSPS) is 15.0. The maximum atomic E-state index is 12.4. The summed E-state index contributed by atoms with van der Waals surface area (Å²) in [5.41, 5.74) is 5.86. The van der Waals surface area contributed by atoms with Gasteiger partial charge in [-0.05, 0) is 31.1 Å². The number of carbonyl (C=O) groups excluding carboxylic acids is 2. The van der Waals surface area contributed by atoms with E-state index in [1.807, 2.05) is 34.6 Å². The van der Waals surface area contributed by atoms with Gasteiger partial charge in [-0.2, -0.15) is 0 Å². The Kier molecular flexibility index (Phi) is 10.3. The van der Waals surface area contributed by atoms with Gasteiger partial charge in [0.15, 0.2) is 0 Å². The third-order valence-electron chi connectivity index (χ3n) is 3.59. The number of aliphatic carboxylic acids is 1. The van der Waals surface area contributed by atoms with Crippen LogP contribution in [-0.4, -0.2) is 41.0 Å². The number of carboxylic acids is 1. The second kappa shape index (κ2) is 11.0. The highest BCUT2D eigenvalue weighted by atomic mass is 16.4. The van der Waals surface area contributed by atoms with Gasteiger partial charge in [-0.15, -0.1) is 0 Å². The fourth-order valence-corrected chi connectivity index (χ4v) is 2.41. The van der Waals surface area contributed by atoms with Gasteiger partial charge in [0.25, 0.3) is 0 Å². The molecule has 140 valence electrons. The van der Waals surface area contributed by atoms with E-state index in [1.165, 1.54) is 0 Å². The summed E-state index contributed by atoms with van der Waals surface area (Å²) in [6, 6.07) is -2.41. The molecular weight excluding hydrogens is 310 g/mol. The number of carboxylic acid groups (broad SMARTS) is 1. The van der Waals surface area contributed by atoms with Gasteiger partial charge in [0, 0.05) is 0 Å². The number of amides is 2. The summed E-state index contributed by atoms with van der Waals surface area (Å²) in [6.07, 6.45) is 1.92. The zero-order valence-corrected chi connectivity index (χ0v) is 15.5. The van der Waals surface area contributed by atoms with Crippen LogP contribution in [0.5, 0.6) is 0 Å². The van der Waals surface area contributed by atoms with Gasteiger partial charge in [-0.3, -0.25) is 9.59 Å². The molecule has 7 heteroatoms. The molecule has 0 aromatic heterocycles. The molecular formula is C17H33N3O4. The number of hydrogen-bond donors (Lipinski definition) is 4. The van der Waals surface area contributed by atoms with Crippen LogP contribution in [0.2, 0.25) is 0 Å². The highest BCUT2D eigenvalue weighted by molar-refractivity contribution is 5.91. The smallest absolute Gasteiger partial charge is 0.326 e. The zero-order valence-electron chi connectivity index (χ0n) is 15.5. The van der Waals surface area contributed by atoms with Crippen molar-refractivity contribution in [2.45, 2.75) is 78.4 Å². The van der Waals surface area contributed by atoms with Crippen molar-refractivity contribution in [3.8, 4) is 0 Å². The van der Waals surface area contributed by atoms with Gasteiger partial charge >= 0.3 is 5.97 Å². The first-order chi connectivity index (χ1) is 11.1. The van der Waals surface area contributed by atoms with Crippen LogP contribution in [-0.2, 0) is 14.4 Å². The third kappa shape index (κ3) is 8.86. The Morgan fingerprint density at radius 3 is 1.83 bits per heavy atom. The fraction of sp³-hybridized carbons (Fsp3) is 0.824. The van der Waals surface area contributed by atoms with Crippen LogP contribution < -0.4 is 16.4 Å². The molecule has 0 aliphatic carbocycles. The molecule has 0 spiro atoms. The molecule has 7 nitrogen and oxygen atoms in total. The number of carbonyl (C=O) groups is 3. The van der Waals surface area contributed by atoms with Gasteiger partial charge in [0.2, 0.25) is 11.8 Å². The quantitative estimate of drug-likeness (QED) is 0.450. The maximum absolute atomic E-state index is 12.4. The molecule has 24 heavy (non-hydrogen) atoms. The Labute approximate surface area is 144 Å². The largest absolute Gasteiger partial charge is 0.480 e. The van der Waals surface area contributed by atoms with E-state index in [0.29, 0.717) is 25.7 Å². The first kappa shape index (κ1) is 22.4. The standard InChI is InChI=1S/C17H33N3O4/c1-6-7-13(17(23)24)19-16(22)14(9-11(4)5)20-15(21)12(18)8-10(2)3/h10-14H,6-9,18H2,1-5H3,(H,19,22)(H,20,21)(H,23,24)/t12-,13-,14-/m0/s1. The van der Waals surface area contributed by atoms with Crippen molar-refractivity contribution in [2.75, 3.05) is 0 Å². The highest BCUT2D eigenvalue weighted by Crippen LogP contribution is 2.08. The lowest BCUT2D eigenvalue weighted by molar-refractivity contribution is -0.142. The van der Waals surface area contributed by atoms with E-state index in [4.69, 9.17) is 10.8 Å². The van der Waals surface area contributed by atoms with Crippen LogP contribution in [0.1, 0.15) is 60.3 Å². The average Bonchev–Trinajstić information content (AvgIpc) is 2.44. The molecule has 0 unspecified atom stereocenters. The molecule has 0 saturated heterocycles. The Balaban J connectivity index is 4.94. The van der Waals surface area contributed by atoms with Crippen LogP contribution >= 0.6 is 0 Å². The van der Waals surface area contributed by atoms with Crippen molar-refractivity contribution in [3.63, 3.8) is 0 Å². The van der Waals surface area contributed by atoms with Crippen LogP contribution in [0.25, 0.3) is 0 Å². The minimum absolute atomic E-state index is 0.164. The second-order valence-electron chi connectivity index (χ2n) is 7.11. The Hall–Kier alpha value is -1.63. The van der Waals surface area contributed by atoms with Crippen LogP contribution in [0, 0.1) is 11.8 Å². The van der Waals surface area contributed by atoms with E-state index in [-0.39, 0.29) is 17.7 Å². The lowest BCUT2D eigenvalue weighted by Crippen LogP contribution is -2.54. The maximum Gasteiger partial charge on any atom is 0.326 e. The van der Waals surface area contributed by atoms with Gasteiger partial charge in [0.1, 0.15) is 12.1 Å². The van der Waals surface area contributed by atoms with Crippen molar-refractivity contribution in [1.82, 2.24) is 10.6 Å². The van der Waals surface area contributed by atoms with Crippen molar-refractivity contribution >= 4 is 17.8 Å². The van der Waals surface area contributed by atoms with Gasteiger partial charge in [-0.1, -0.05) is 41.0 Å². The highest BCUT2D eigenvalue weighted by Gasteiger charge is 2.28. The molecule has 0 rings (SSSR count). The molecule has 0 heterocycles. The SMILES string of the molecule is CCC[C@H](NC(=O)[C@H](CC(C)C)NC(=O)[C@@H](N)CC(C)C)C(=O)O. The van der Waals surface area contributed by atoms with E-state index < -0.39 is 30.0 Å². The minimum atomic E-state index is -1.07.